The Bertz CT molecular complexity index is 1310. The van der Waals surface area contributed by atoms with Crippen LogP contribution in [0.1, 0.15) is 48.9 Å². The normalized spacial score (nSPS) is 20.6. The number of piperidine rings is 1. The largest absolute Gasteiger partial charge is 0.492 e. The van der Waals surface area contributed by atoms with Gasteiger partial charge in [0.15, 0.2) is 9.84 Å². The highest BCUT2D eigenvalue weighted by atomic mass is 32.2. The summed E-state index contributed by atoms with van der Waals surface area (Å²) in [6.07, 6.45) is 6.54. The highest BCUT2D eigenvalue weighted by Crippen LogP contribution is 2.37. The molecule has 2 aliphatic heterocycles. The molecule has 0 aliphatic carbocycles. The molecular weight excluding hydrogens is 480 g/mol. The average Bonchev–Trinajstić information content (AvgIpc) is 2.78. The lowest BCUT2D eigenvalue weighted by molar-refractivity contribution is 0.0696. The first-order valence-corrected chi connectivity index (χ1v) is 14.6. The molecule has 0 spiro atoms. The zero-order valence-electron chi connectivity index (χ0n) is 18.9. The Labute approximate surface area is 199 Å². The minimum Gasteiger partial charge on any atom is -0.492 e. The second-order valence-corrected chi connectivity index (χ2v) is 12.4. The maximum atomic E-state index is 13.5. The van der Waals surface area contributed by atoms with Crippen molar-refractivity contribution in [3.8, 4) is 5.75 Å². The molecular formula is C23H28N2O7S2. The van der Waals surface area contributed by atoms with Crippen LogP contribution in [-0.2, 0) is 19.9 Å². The molecule has 0 aromatic heterocycles. The Kier molecular flexibility index (Phi) is 6.77. The van der Waals surface area contributed by atoms with Crippen molar-refractivity contribution in [2.45, 2.75) is 54.4 Å². The molecule has 0 amide bonds. The van der Waals surface area contributed by atoms with Crippen molar-refractivity contribution >= 4 is 37.2 Å². The van der Waals surface area contributed by atoms with Crippen LogP contribution in [-0.4, -0.2) is 53.4 Å². The predicted molar refractivity (Wildman–Crippen MR) is 128 cm³/mol. The van der Waals surface area contributed by atoms with Gasteiger partial charge in [0.25, 0.3) is 10.0 Å². The fourth-order valence-corrected chi connectivity index (χ4v) is 6.41. The van der Waals surface area contributed by atoms with Gasteiger partial charge in [-0.1, -0.05) is 0 Å². The molecule has 2 aromatic carbocycles. The number of nitrogens with one attached hydrogen (secondary N) is 1. The summed E-state index contributed by atoms with van der Waals surface area (Å²) in [6, 6.07) is 8.36. The Morgan fingerprint density at radius 1 is 1.09 bits per heavy atom. The summed E-state index contributed by atoms with van der Waals surface area (Å²) in [5, 5.41) is 9.39. The number of ether oxygens (including phenoxy) is 1. The number of aromatic carboxylic acids is 1. The number of fused-ring (bicyclic) bond motifs is 4. The summed E-state index contributed by atoms with van der Waals surface area (Å²) in [5.74, 6) is -1.22. The van der Waals surface area contributed by atoms with Crippen molar-refractivity contribution in [2.75, 3.05) is 29.0 Å². The number of nitrogens with zero attached hydrogens (tertiary/aromatic N) is 1. The summed E-state index contributed by atoms with van der Waals surface area (Å²) in [4.78, 5) is 13.3. The highest BCUT2D eigenvalue weighted by molar-refractivity contribution is 7.93. The first-order valence-electron chi connectivity index (χ1n) is 11.2. The van der Waals surface area contributed by atoms with Gasteiger partial charge in [0.2, 0.25) is 0 Å². The number of hydrogen-bond acceptors (Lipinski definition) is 7. The van der Waals surface area contributed by atoms with E-state index in [2.05, 4.69) is 9.62 Å². The summed E-state index contributed by atoms with van der Waals surface area (Å²) in [7, 11) is -7.90. The van der Waals surface area contributed by atoms with Gasteiger partial charge in [0.1, 0.15) is 10.6 Å². The molecule has 4 rings (SSSR count). The standard InChI is InChI=1S/C23H28N2O7S2/c1-33(28,29)18-9-10-20-19(15-18)24-34(30,31)22-14-16(23(26)27)8-11-21(22)32-13-5-3-7-17-6-2-4-12-25(17)20/h8-11,14-15,17,24H,2-7,12-13H2,1H3,(H,26,27). The Hall–Kier alpha value is -2.79. The fourth-order valence-electron chi connectivity index (χ4n) is 4.53. The quantitative estimate of drug-likeness (QED) is 0.630. The SMILES string of the molecule is CS(=O)(=O)c1ccc2c(c1)NS(=O)(=O)c1cc(C(=O)O)ccc1OCCCCC1CCCCN21. The van der Waals surface area contributed by atoms with E-state index >= 15 is 0 Å². The Morgan fingerprint density at radius 3 is 2.53 bits per heavy atom. The molecule has 184 valence electrons. The van der Waals surface area contributed by atoms with Crippen molar-refractivity contribution in [3.63, 3.8) is 0 Å². The molecule has 9 nitrogen and oxygen atoms in total. The zero-order valence-corrected chi connectivity index (χ0v) is 20.5. The monoisotopic (exact) mass is 508 g/mol. The van der Waals surface area contributed by atoms with Crippen LogP contribution in [0.25, 0.3) is 0 Å². The summed E-state index contributed by atoms with van der Waals surface area (Å²) in [6.45, 7) is 1.03. The van der Waals surface area contributed by atoms with Gasteiger partial charge in [0.05, 0.1) is 28.4 Å². The second-order valence-electron chi connectivity index (χ2n) is 8.71. The molecule has 0 radical (unpaired) electrons. The number of benzene rings is 2. The van der Waals surface area contributed by atoms with Gasteiger partial charge in [0, 0.05) is 18.8 Å². The lowest BCUT2D eigenvalue weighted by atomic mass is 9.96. The fraction of sp³-hybridized carbons (Fsp3) is 0.435. The topological polar surface area (TPSA) is 130 Å². The van der Waals surface area contributed by atoms with E-state index in [1.807, 2.05) is 0 Å². The Morgan fingerprint density at radius 2 is 1.82 bits per heavy atom. The number of anilines is 2. The number of carboxylic acids is 1. The summed E-state index contributed by atoms with van der Waals surface area (Å²) in [5.41, 5.74) is 0.552. The van der Waals surface area contributed by atoms with E-state index in [9.17, 15) is 26.7 Å². The molecule has 0 bridgehead atoms. The van der Waals surface area contributed by atoms with Crippen molar-refractivity contribution in [3.05, 3.63) is 42.0 Å². The molecule has 34 heavy (non-hydrogen) atoms. The van der Waals surface area contributed by atoms with E-state index < -0.39 is 25.8 Å². The first kappa shape index (κ1) is 24.3. The first-order chi connectivity index (χ1) is 16.1. The molecule has 1 unspecified atom stereocenters. The minimum atomic E-state index is -4.31. The van der Waals surface area contributed by atoms with Gasteiger partial charge in [-0.25, -0.2) is 21.6 Å². The van der Waals surface area contributed by atoms with Crippen LogP contribution in [0, 0.1) is 0 Å². The van der Waals surface area contributed by atoms with Crippen LogP contribution in [0.3, 0.4) is 0 Å². The Balaban J connectivity index is 1.89. The van der Waals surface area contributed by atoms with Gasteiger partial charge in [-0.3, -0.25) is 4.72 Å². The number of carboxylic acid groups (broad SMARTS) is 1. The molecule has 2 aromatic rings. The van der Waals surface area contributed by atoms with Gasteiger partial charge >= 0.3 is 5.97 Å². The van der Waals surface area contributed by atoms with Gasteiger partial charge in [-0.15, -0.1) is 0 Å². The minimum absolute atomic E-state index is 0.0115. The molecule has 1 saturated heterocycles. The third kappa shape index (κ3) is 5.15. The average molecular weight is 509 g/mol. The van der Waals surface area contributed by atoms with Crippen LogP contribution in [0.5, 0.6) is 5.75 Å². The number of carbonyl (C=O) groups is 1. The van der Waals surface area contributed by atoms with Crippen molar-refractivity contribution in [2.24, 2.45) is 0 Å². The van der Waals surface area contributed by atoms with E-state index in [4.69, 9.17) is 4.74 Å². The van der Waals surface area contributed by atoms with Crippen LogP contribution >= 0.6 is 0 Å². The van der Waals surface area contributed by atoms with E-state index in [0.717, 1.165) is 57.4 Å². The van der Waals surface area contributed by atoms with E-state index in [1.54, 1.807) is 6.07 Å². The molecule has 1 atom stereocenters. The number of sulfone groups is 1. The predicted octanol–water partition coefficient (Wildman–Crippen LogP) is 3.51. The number of sulfonamides is 1. The van der Waals surface area contributed by atoms with E-state index in [0.29, 0.717) is 12.3 Å². The molecule has 2 heterocycles. The van der Waals surface area contributed by atoms with Crippen molar-refractivity contribution in [1.29, 1.82) is 0 Å². The third-order valence-electron chi connectivity index (χ3n) is 6.25. The smallest absolute Gasteiger partial charge is 0.335 e. The summed E-state index contributed by atoms with van der Waals surface area (Å²) < 4.78 is 59.7. The van der Waals surface area contributed by atoms with Gasteiger partial charge in [-0.2, -0.15) is 0 Å². The molecule has 2 aliphatic rings. The lowest BCUT2D eigenvalue weighted by Crippen LogP contribution is -2.40. The maximum Gasteiger partial charge on any atom is 0.335 e. The van der Waals surface area contributed by atoms with Gasteiger partial charge in [-0.05, 0) is 74.9 Å². The highest BCUT2D eigenvalue weighted by Gasteiger charge is 2.29. The molecule has 0 saturated carbocycles. The molecule has 1 fully saturated rings. The van der Waals surface area contributed by atoms with Crippen LogP contribution in [0.4, 0.5) is 11.4 Å². The number of hydrogen-bond donors (Lipinski definition) is 2. The van der Waals surface area contributed by atoms with E-state index in [-0.39, 0.29) is 32.8 Å². The lowest BCUT2D eigenvalue weighted by Gasteiger charge is -2.39. The summed E-state index contributed by atoms with van der Waals surface area (Å²) >= 11 is 0. The van der Waals surface area contributed by atoms with Crippen LogP contribution in [0.15, 0.2) is 46.2 Å². The van der Waals surface area contributed by atoms with Crippen molar-refractivity contribution < 1.29 is 31.5 Å². The van der Waals surface area contributed by atoms with Gasteiger partial charge < -0.3 is 14.7 Å². The van der Waals surface area contributed by atoms with Crippen LogP contribution < -0.4 is 14.4 Å². The zero-order chi connectivity index (χ0) is 24.5. The van der Waals surface area contributed by atoms with E-state index in [1.165, 1.54) is 24.3 Å². The molecule has 11 heteroatoms. The second kappa shape index (κ2) is 9.46. The third-order valence-corrected chi connectivity index (χ3v) is 8.74. The molecule has 2 N–H and O–H groups in total. The van der Waals surface area contributed by atoms with Crippen molar-refractivity contribution in [1.82, 2.24) is 0 Å². The number of rotatable bonds is 2. The van der Waals surface area contributed by atoms with Crippen LogP contribution in [0.2, 0.25) is 0 Å². The maximum absolute atomic E-state index is 13.5.